The zero-order valence-electron chi connectivity index (χ0n) is 23.6. The zero-order valence-corrected chi connectivity index (χ0v) is 25.2. The third-order valence-corrected chi connectivity index (χ3v) is 8.92. The molecule has 0 aliphatic rings. The van der Waals surface area contributed by atoms with Crippen LogP contribution in [0.15, 0.2) is 95.0 Å². The van der Waals surface area contributed by atoms with Crippen LogP contribution >= 0.6 is 11.8 Å². The molecule has 2 unspecified atom stereocenters. The van der Waals surface area contributed by atoms with Gasteiger partial charge in [0.1, 0.15) is 10.9 Å². The van der Waals surface area contributed by atoms with Gasteiger partial charge in [0.2, 0.25) is 0 Å². The molecule has 2 amide bonds. The second-order valence-electron chi connectivity index (χ2n) is 10.3. The third kappa shape index (κ3) is 7.58. The Balaban J connectivity index is 1.52. The highest BCUT2D eigenvalue weighted by Gasteiger charge is 2.25. The molecule has 0 aliphatic heterocycles. The molecule has 216 valence electrons. The first-order chi connectivity index (χ1) is 19.6. The minimum absolute atomic E-state index is 0.0145. The summed E-state index contributed by atoms with van der Waals surface area (Å²) in [4.78, 5) is 17.2. The fraction of sp³-hybridized carbons (Fsp3) is 0.290. The van der Waals surface area contributed by atoms with Crippen molar-refractivity contribution in [2.75, 3.05) is 6.26 Å². The van der Waals surface area contributed by atoms with E-state index in [1.54, 1.807) is 30.0 Å². The number of carbonyl (C=O) groups is 1. The van der Waals surface area contributed by atoms with E-state index >= 15 is 0 Å². The Kier molecular flexibility index (Phi) is 9.90. The van der Waals surface area contributed by atoms with E-state index in [1.807, 2.05) is 87.8 Å². The summed E-state index contributed by atoms with van der Waals surface area (Å²) in [6.07, 6.45) is 3.45. The molecule has 0 fully saturated rings. The first kappa shape index (κ1) is 30.4. The molecule has 2 atom stereocenters. The van der Waals surface area contributed by atoms with Gasteiger partial charge in [0.05, 0.1) is 11.0 Å². The van der Waals surface area contributed by atoms with Crippen LogP contribution in [0.4, 0.5) is 4.79 Å². The van der Waals surface area contributed by atoms with Crippen LogP contribution in [0, 0.1) is 5.92 Å². The van der Waals surface area contributed by atoms with Crippen molar-refractivity contribution in [3.63, 3.8) is 0 Å². The minimum Gasteiger partial charge on any atom is -0.392 e. The maximum Gasteiger partial charge on any atom is 0.328 e. The lowest BCUT2D eigenvalue weighted by atomic mass is 9.94. The summed E-state index contributed by atoms with van der Waals surface area (Å²) in [5.41, 5.74) is 3.06. The van der Waals surface area contributed by atoms with Crippen LogP contribution in [-0.2, 0) is 23.1 Å². The number of hydrogen-bond acceptors (Lipinski definition) is 6. The molecule has 0 aliphatic carbocycles. The van der Waals surface area contributed by atoms with E-state index in [-0.39, 0.29) is 23.3 Å². The van der Waals surface area contributed by atoms with Crippen LogP contribution in [-0.4, -0.2) is 41.5 Å². The highest BCUT2D eigenvalue weighted by Crippen LogP contribution is 2.29. The molecule has 10 heteroatoms. The molecular formula is C31H36N4O4S2. The van der Waals surface area contributed by atoms with Crippen molar-refractivity contribution in [2.45, 2.75) is 55.8 Å². The number of benzene rings is 3. The van der Waals surface area contributed by atoms with E-state index in [9.17, 15) is 18.3 Å². The Morgan fingerprint density at radius 2 is 1.61 bits per heavy atom. The number of hydrogen-bond donors (Lipinski definition) is 3. The number of thioether (sulfide) groups is 1. The van der Waals surface area contributed by atoms with E-state index in [0.717, 1.165) is 22.0 Å². The van der Waals surface area contributed by atoms with Crippen molar-refractivity contribution in [3.05, 3.63) is 102 Å². The number of rotatable bonds is 11. The fourth-order valence-corrected chi connectivity index (χ4v) is 6.22. The van der Waals surface area contributed by atoms with Crippen molar-refractivity contribution in [1.29, 1.82) is 0 Å². The molecule has 0 spiro atoms. The molecular weight excluding hydrogens is 556 g/mol. The van der Waals surface area contributed by atoms with Crippen LogP contribution in [0.5, 0.6) is 0 Å². The number of amides is 2. The number of sulfonamides is 1. The van der Waals surface area contributed by atoms with Gasteiger partial charge in [-0.15, -0.1) is 11.8 Å². The number of carbonyl (C=O) groups excluding carboxylic acids is 1. The lowest BCUT2D eigenvalue weighted by Gasteiger charge is -2.22. The fourth-order valence-electron chi connectivity index (χ4n) is 4.64. The predicted octanol–water partition coefficient (Wildman–Crippen LogP) is 5.63. The maximum absolute atomic E-state index is 13.2. The number of aliphatic hydroxyl groups is 1. The second-order valence-corrected chi connectivity index (χ2v) is 12.7. The monoisotopic (exact) mass is 592 g/mol. The summed E-state index contributed by atoms with van der Waals surface area (Å²) in [7, 11) is -4.13. The highest BCUT2D eigenvalue weighted by molar-refractivity contribution is 7.98. The van der Waals surface area contributed by atoms with Gasteiger partial charge in [-0.2, -0.15) is 0 Å². The molecule has 0 radical (unpaired) electrons. The Labute approximate surface area is 246 Å². The quantitative estimate of drug-likeness (QED) is 0.195. The molecule has 1 aromatic heterocycles. The van der Waals surface area contributed by atoms with Gasteiger partial charge < -0.3 is 15.0 Å². The van der Waals surface area contributed by atoms with Crippen LogP contribution in [0.1, 0.15) is 43.6 Å². The first-order valence-corrected chi connectivity index (χ1v) is 16.1. The average Bonchev–Trinajstić information content (AvgIpc) is 3.38. The number of nitrogens with one attached hydrogen (secondary N) is 2. The van der Waals surface area contributed by atoms with Crippen molar-refractivity contribution in [1.82, 2.24) is 19.6 Å². The molecule has 4 rings (SSSR count). The topological polar surface area (TPSA) is 113 Å². The predicted molar refractivity (Wildman–Crippen MR) is 163 cm³/mol. The standard InChI is InChI=1S/C31H36N4O4S2/c1-21(2)29(36)22(3)30-33-28(40-4)20-35(30)19-24-14-16-25(17-15-24)26-12-8-9-13-27(26)41(38,39)34-31(37)32-18-23-10-6-5-7-11-23/h5-17,20-22,29,36H,18-19H2,1-4H3,(H2,32,34,37). The smallest absolute Gasteiger partial charge is 0.328 e. The van der Waals surface area contributed by atoms with Gasteiger partial charge in [0, 0.05) is 30.8 Å². The van der Waals surface area contributed by atoms with Crippen LogP contribution < -0.4 is 10.0 Å². The van der Waals surface area contributed by atoms with E-state index in [0.29, 0.717) is 17.7 Å². The molecule has 1 heterocycles. The highest BCUT2D eigenvalue weighted by atomic mass is 32.2. The maximum atomic E-state index is 13.2. The third-order valence-electron chi connectivity index (χ3n) is 6.91. The number of urea groups is 1. The summed E-state index contributed by atoms with van der Waals surface area (Å²) < 4.78 is 30.6. The average molecular weight is 593 g/mol. The summed E-state index contributed by atoms with van der Waals surface area (Å²) in [6.45, 7) is 6.74. The Bertz CT molecular complexity index is 1570. The molecule has 3 aromatic carbocycles. The van der Waals surface area contributed by atoms with E-state index < -0.39 is 22.2 Å². The van der Waals surface area contributed by atoms with Crippen molar-refractivity contribution in [2.24, 2.45) is 5.92 Å². The van der Waals surface area contributed by atoms with Gasteiger partial charge in [-0.1, -0.05) is 93.6 Å². The van der Waals surface area contributed by atoms with E-state index in [2.05, 4.69) is 14.6 Å². The minimum atomic E-state index is -4.13. The van der Waals surface area contributed by atoms with Gasteiger partial charge in [-0.25, -0.2) is 22.9 Å². The SMILES string of the molecule is CSc1cn(Cc2ccc(-c3ccccc3S(=O)(=O)NC(=O)NCc3ccccc3)cc2)c(C(C)C(O)C(C)C)n1. The normalized spacial score (nSPS) is 13.1. The van der Waals surface area contributed by atoms with E-state index in [1.165, 1.54) is 6.07 Å². The second kappa shape index (κ2) is 13.4. The van der Waals surface area contributed by atoms with Crippen LogP contribution in [0.25, 0.3) is 11.1 Å². The van der Waals surface area contributed by atoms with Crippen molar-refractivity contribution >= 4 is 27.8 Å². The molecule has 3 N–H and O–H groups in total. The summed E-state index contributed by atoms with van der Waals surface area (Å²) in [6, 6.07) is 22.7. The van der Waals surface area contributed by atoms with E-state index in [4.69, 9.17) is 4.98 Å². The summed E-state index contributed by atoms with van der Waals surface area (Å²) in [5, 5.41) is 14.2. The lowest BCUT2D eigenvalue weighted by Crippen LogP contribution is -2.39. The molecule has 41 heavy (non-hydrogen) atoms. The van der Waals surface area contributed by atoms with Gasteiger partial charge in [-0.3, -0.25) is 0 Å². The molecule has 4 aromatic rings. The van der Waals surface area contributed by atoms with Crippen LogP contribution in [0.2, 0.25) is 0 Å². The van der Waals surface area contributed by atoms with Gasteiger partial charge in [0.25, 0.3) is 10.0 Å². The number of nitrogens with zero attached hydrogens (tertiary/aromatic N) is 2. The Morgan fingerprint density at radius 3 is 2.27 bits per heavy atom. The van der Waals surface area contributed by atoms with Crippen LogP contribution in [0.3, 0.4) is 0 Å². The Hall–Kier alpha value is -3.60. The molecule has 0 bridgehead atoms. The van der Waals surface area contributed by atoms with Gasteiger partial charge in [-0.05, 0) is 34.9 Å². The molecule has 8 nitrogen and oxygen atoms in total. The van der Waals surface area contributed by atoms with Gasteiger partial charge in [0.15, 0.2) is 0 Å². The van der Waals surface area contributed by atoms with Gasteiger partial charge >= 0.3 is 6.03 Å². The largest absolute Gasteiger partial charge is 0.392 e. The molecule has 0 saturated heterocycles. The van der Waals surface area contributed by atoms with Crippen molar-refractivity contribution in [3.8, 4) is 11.1 Å². The van der Waals surface area contributed by atoms with Crippen molar-refractivity contribution < 1.29 is 18.3 Å². The number of imidazole rings is 1. The number of aliphatic hydroxyl groups excluding tert-OH is 1. The summed E-state index contributed by atoms with van der Waals surface area (Å²) in [5.74, 6) is 0.797. The first-order valence-electron chi connectivity index (χ1n) is 13.4. The Morgan fingerprint density at radius 1 is 0.951 bits per heavy atom. The zero-order chi connectivity index (χ0) is 29.6. The summed E-state index contributed by atoms with van der Waals surface area (Å²) >= 11 is 1.56. The molecule has 0 saturated carbocycles. The lowest BCUT2D eigenvalue weighted by molar-refractivity contribution is 0.0978. The number of aromatic nitrogens is 2.